The molecule has 2 N–H and O–H groups in total. The Morgan fingerprint density at radius 3 is 2.26 bits per heavy atom. The first kappa shape index (κ1) is 20.0. The van der Waals surface area contributed by atoms with E-state index in [4.69, 9.17) is 4.74 Å². The molecule has 0 spiro atoms. The van der Waals surface area contributed by atoms with Crippen LogP contribution in [0.1, 0.15) is 25.3 Å². The third-order valence-corrected chi connectivity index (χ3v) is 5.98. The minimum atomic E-state index is -3.57. The van der Waals surface area contributed by atoms with Crippen molar-refractivity contribution in [3.63, 3.8) is 0 Å². The summed E-state index contributed by atoms with van der Waals surface area (Å²) in [5.41, 5.74) is 0.695. The molecule has 0 aliphatic rings. The van der Waals surface area contributed by atoms with E-state index in [-0.39, 0.29) is 30.3 Å². The van der Waals surface area contributed by atoms with Gasteiger partial charge in [0, 0.05) is 20.2 Å². The van der Waals surface area contributed by atoms with Gasteiger partial charge in [-0.2, -0.15) is 0 Å². The Balaban J connectivity index is 2.63. The van der Waals surface area contributed by atoms with Crippen LogP contribution in [0.15, 0.2) is 29.2 Å². The molecule has 0 aromatic heterocycles. The van der Waals surface area contributed by atoms with E-state index in [1.807, 2.05) is 6.92 Å². The molecule has 0 saturated carbocycles. The zero-order chi connectivity index (χ0) is 17.3. The summed E-state index contributed by atoms with van der Waals surface area (Å²) in [4.78, 5) is 0.131. The van der Waals surface area contributed by atoms with Crippen LogP contribution in [0.4, 0.5) is 0 Å². The van der Waals surface area contributed by atoms with E-state index in [1.54, 1.807) is 12.1 Å². The standard InChI is InChI=1S/C14H24N2O5S2/c1-3-4-11-22(17,18)16-12-13-5-7-14(8-6-13)23(19,20)15-9-10-21-2/h5-8,15-16H,3-4,9-12H2,1-2H3. The zero-order valence-electron chi connectivity index (χ0n) is 13.4. The van der Waals surface area contributed by atoms with Crippen molar-refractivity contribution >= 4 is 20.0 Å². The highest BCUT2D eigenvalue weighted by molar-refractivity contribution is 7.89. The fourth-order valence-corrected chi connectivity index (χ4v) is 3.96. The lowest BCUT2D eigenvalue weighted by Gasteiger charge is -2.08. The minimum Gasteiger partial charge on any atom is -0.383 e. The van der Waals surface area contributed by atoms with Gasteiger partial charge < -0.3 is 4.74 Å². The van der Waals surface area contributed by atoms with Crippen LogP contribution in [0.3, 0.4) is 0 Å². The Kier molecular flexibility index (Phi) is 8.13. The highest BCUT2D eigenvalue weighted by Crippen LogP contribution is 2.10. The first-order chi connectivity index (χ1) is 10.8. The lowest BCUT2D eigenvalue weighted by atomic mass is 10.2. The summed E-state index contributed by atoms with van der Waals surface area (Å²) in [6.45, 7) is 2.55. The summed E-state index contributed by atoms with van der Waals surface area (Å²) in [5.74, 6) is 0.0966. The SMILES string of the molecule is CCCCS(=O)(=O)NCc1ccc(S(=O)(=O)NCCOC)cc1. The van der Waals surface area contributed by atoms with Crippen LogP contribution in [-0.4, -0.2) is 42.8 Å². The number of sulfonamides is 2. The maximum atomic E-state index is 12.0. The second kappa shape index (κ2) is 9.33. The third-order valence-electron chi connectivity index (χ3n) is 3.09. The molecule has 9 heteroatoms. The van der Waals surface area contributed by atoms with Crippen LogP contribution < -0.4 is 9.44 Å². The number of rotatable bonds is 11. The van der Waals surface area contributed by atoms with Gasteiger partial charge in [0.1, 0.15) is 0 Å². The number of hydrogen-bond donors (Lipinski definition) is 2. The largest absolute Gasteiger partial charge is 0.383 e. The number of nitrogens with one attached hydrogen (secondary N) is 2. The average Bonchev–Trinajstić information content (AvgIpc) is 2.52. The van der Waals surface area contributed by atoms with Gasteiger partial charge in [-0.05, 0) is 24.1 Å². The van der Waals surface area contributed by atoms with Crippen LogP contribution >= 0.6 is 0 Å². The molecule has 23 heavy (non-hydrogen) atoms. The minimum absolute atomic E-state index is 0.0966. The quantitative estimate of drug-likeness (QED) is 0.566. The topological polar surface area (TPSA) is 102 Å². The Labute approximate surface area is 138 Å². The lowest BCUT2D eigenvalue weighted by Crippen LogP contribution is -2.27. The van der Waals surface area contributed by atoms with Gasteiger partial charge in [-0.25, -0.2) is 26.3 Å². The van der Waals surface area contributed by atoms with Gasteiger partial charge in [0.25, 0.3) is 0 Å². The zero-order valence-corrected chi connectivity index (χ0v) is 15.0. The van der Waals surface area contributed by atoms with Crippen molar-refractivity contribution in [2.45, 2.75) is 31.2 Å². The molecule has 0 heterocycles. The van der Waals surface area contributed by atoms with E-state index in [9.17, 15) is 16.8 Å². The number of hydrogen-bond acceptors (Lipinski definition) is 5. The summed E-state index contributed by atoms with van der Waals surface area (Å²) in [7, 11) is -5.37. The number of ether oxygens (including phenoxy) is 1. The molecule has 0 fully saturated rings. The molecule has 1 aromatic carbocycles. The van der Waals surface area contributed by atoms with Crippen LogP contribution in [0.25, 0.3) is 0 Å². The molecule has 0 aliphatic heterocycles. The summed E-state index contributed by atoms with van der Waals surface area (Å²) >= 11 is 0. The van der Waals surface area contributed by atoms with E-state index < -0.39 is 20.0 Å². The Bertz CT molecular complexity index is 670. The van der Waals surface area contributed by atoms with Crippen molar-refractivity contribution in [1.82, 2.24) is 9.44 Å². The molecule has 0 atom stereocenters. The van der Waals surface area contributed by atoms with Gasteiger partial charge in [-0.3, -0.25) is 0 Å². The van der Waals surface area contributed by atoms with Gasteiger partial charge in [0.05, 0.1) is 17.3 Å². The fraction of sp³-hybridized carbons (Fsp3) is 0.571. The number of methoxy groups -OCH3 is 1. The highest BCUT2D eigenvalue weighted by atomic mass is 32.2. The first-order valence-corrected chi connectivity index (χ1v) is 10.5. The molecular formula is C14H24N2O5S2. The van der Waals surface area contributed by atoms with Crippen LogP contribution in [0, 0.1) is 0 Å². The van der Waals surface area contributed by atoms with E-state index in [0.717, 1.165) is 6.42 Å². The maximum absolute atomic E-state index is 12.0. The predicted molar refractivity (Wildman–Crippen MR) is 89.0 cm³/mol. The predicted octanol–water partition coefficient (Wildman–Crippen LogP) is 0.831. The molecule has 0 aliphatic carbocycles. The summed E-state index contributed by atoms with van der Waals surface area (Å²) in [6, 6.07) is 6.08. The molecule has 0 radical (unpaired) electrons. The van der Waals surface area contributed by atoms with Crippen molar-refractivity contribution in [3.05, 3.63) is 29.8 Å². The molecule has 0 saturated heterocycles. The van der Waals surface area contributed by atoms with E-state index in [2.05, 4.69) is 9.44 Å². The number of benzene rings is 1. The van der Waals surface area contributed by atoms with E-state index >= 15 is 0 Å². The molecule has 1 rings (SSSR count). The van der Waals surface area contributed by atoms with Gasteiger partial charge in [0.15, 0.2) is 0 Å². The lowest BCUT2D eigenvalue weighted by molar-refractivity contribution is 0.204. The molecule has 0 amide bonds. The Morgan fingerprint density at radius 1 is 1.04 bits per heavy atom. The summed E-state index contributed by atoms with van der Waals surface area (Å²) in [6.07, 6.45) is 1.42. The van der Waals surface area contributed by atoms with Crippen molar-refractivity contribution in [2.24, 2.45) is 0 Å². The van der Waals surface area contributed by atoms with Crippen LogP contribution in [0.5, 0.6) is 0 Å². The maximum Gasteiger partial charge on any atom is 0.240 e. The Hall–Kier alpha value is -1.00. The highest BCUT2D eigenvalue weighted by Gasteiger charge is 2.13. The normalized spacial score (nSPS) is 12.4. The van der Waals surface area contributed by atoms with Crippen molar-refractivity contribution in [1.29, 1.82) is 0 Å². The van der Waals surface area contributed by atoms with Crippen LogP contribution in [0.2, 0.25) is 0 Å². The fourth-order valence-electron chi connectivity index (χ4n) is 1.75. The van der Waals surface area contributed by atoms with Crippen molar-refractivity contribution in [3.8, 4) is 0 Å². The Morgan fingerprint density at radius 2 is 1.70 bits per heavy atom. The van der Waals surface area contributed by atoms with Gasteiger partial charge in [0.2, 0.25) is 20.0 Å². The first-order valence-electron chi connectivity index (χ1n) is 7.35. The smallest absolute Gasteiger partial charge is 0.240 e. The second-order valence-corrected chi connectivity index (χ2v) is 8.72. The van der Waals surface area contributed by atoms with Crippen LogP contribution in [-0.2, 0) is 31.3 Å². The molecule has 0 bridgehead atoms. The molecule has 1 aromatic rings. The van der Waals surface area contributed by atoms with E-state index in [1.165, 1.54) is 19.2 Å². The van der Waals surface area contributed by atoms with E-state index in [0.29, 0.717) is 12.0 Å². The number of unbranched alkanes of at least 4 members (excludes halogenated alkanes) is 1. The average molecular weight is 364 g/mol. The molecule has 0 unspecified atom stereocenters. The van der Waals surface area contributed by atoms with Gasteiger partial charge in [-0.1, -0.05) is 25.5 Å². The van der Waals surface area contributed by atoms with Gasteiger partial charge in [-0.15, -0.1) is 0 Å². The molecular weight excluding hydrogens is 340 g/mol. The second-order valence-electron chi connectivity index (χ2n) is 5.03. The summed E-state index contributed by atoms with van der Waals surface area (Å²) in [5, 5.41) is 0. The van der Waals surface area contributed by atoms with Gasteiger partial charge >= 0.3 is 0 Å². The monoisotopic (exact) mass is 364 g/mol. The molecule has 132 valence electrons. The third kappa shape index (κ3) is 7.40. The van der Waals surface area contributed by atoms with Crippen molar-refractivity contribution in [2.75, 3.05) is 26.0 Å². The molecule has 7 nitrogen and oxygen atoms in total. The van der Waals surface area contributed by atoms with Crippen molar-refractivity contribution < 1.29 is 21.6 Å². The summed E-state index contributed by atoms with van der Waals surface area (Å²) < 4.78 is 57.1.